The first-order valence-corrected chi connectivity index (χ1v) is 9.52. The van der Waals surface area contributed by atoms with Gasteiger partial charge < -0.3 is 10.4 Å². The number of anilines is 1. The number of carboxylic acid groups (broad SMARTS) is 1. The minimum absolute atomic E-state index is 0.0728. The van der Waals surface area contributed by atoms with E-state index in [0.29, 0.717) is 13.0 Å². The molecule has 0 unspecified atom stereocenters. The largest absolute Gasteiger partial charge is 0.480 e. The number of nitrogens with one attached hydrogen (secondary N) is 1. The summed E-state index contributed by atoms with van der Waals surface area (Å²) in [6, 6.07) is 13.4. The third kappa shape index (κ3) is 5.43. The summed E-state index contributed by atoms with van der Waals surface area (Å²) < 4.78 is 39.4. The van der Waals surface area contributed by atoms with Crippen molar-refractivity contribution in [2.24, 2.45) is 0 Å². The third-order valence-electron chi connectivity index (χ3n) is 4.45. The van der Waals surface area contributed by atoms with Gasteiger partial charge in [-0.1, -0.05) is 54.1 Å². The lowest BCUT2D eigenvalue weighted by molar-refractivity contribution is -0.138. The molecule has 2 aromatic carbocycles. The SMILES string of the molecule is O=C(O)Cn1c(-c2ccc(C(F)(F)F)cc2)c(Cl)nc(NCCc2ccccc2)c1=O. The van der Waals surface area contributed by atoms with Gasteiger partial charge in [0, 0.05) is 12.1 Å². The van der Waals surface area contributed by atoms with E-state index >= 15 is 0 Å². The summed E-state index contributed by atoms with van der Waals surface area (Å²) in [6.45, 7) is -0.389. The highest BCUT2D eigenvalue weighted by atomic mass is 35.5. The Bertz CT molecular complexity index is 1130. The zero-order valence-electron chi connectivity index (χ0n) is 16.0. The van der Waals surface area contributed by atoms with E-state index in [1.807, 2.05) is 30.3 Å². The summed E-state index contributed by atoms with van der Waals surface area (Å²) in [7, 11) is 0. The van der Waals surface area contributed by atoms with E-state index in [4.69, 9.17) is 11.6 Å². The number of aromatic nitrogens is 2. The van der Waals surface area contributed by atoms with Gasteiger partial charge in [0.25, 0.3) is 5.56 Å². The van der Waals surface area contributed by atoms with E-state index in [2.05, 4.69) is 10.3 Å². The standard InChI is InChI=1S/C21H17ClF3N3O3/c22-18-17(14-6-8-15(9-7-14)21(23,24)25)28(12-16(29)30)20(31)19(27-18)26-11-10-13-4-2-1-3-5-13/h1-9H,10-12H2,(H,26,27)(H,29,30). The molecule has 0 aliphatic carbocycles. The summed E-state index contributed by atoms with van der Waals surface area (Å²) in [6.07, 6.45) is -3.95. The van der Waals surface area contributed by atoms with Crippen LogP contribution in [0.25, 0.3) is 11.3 Å². The topological polar surface area (TPSA) is 84.2 Å². The molecule has 3 aromatic rings. The molecule has 0 aliphatic rings. The summed E-state index contributed by atoms with van der Waals surface area (Å²) in [5.41, 5.74) is -0.536. The van der Waals surface area contributed by atoms with Gasteiger partial charge in [0.15, 0.2) is 11.0 Å². The van der Waals surface area contributed by atoms with Crippen LogP contribution in [0.1, 0.15) is 11.1 Å². The molecule has 6 nitrogen and oxygen atoms in total. The van der Waals surface area contributed by atoms with E-state index in [9.17, 15) is 27.9 Å². The van der Waals surface area contributed by atoms with Crippen LogP contribution >= 0.6 is 11.6 Å². The number of aliphatic carboxylic acids is 1. The molecule has 0 saturated heterocycles. The zero-order chi connectivity index (χ0) is 22.6. The fraction of sp³-hybridized carbons (Fsp3) is 0.190. The van der Waals surface area contributed by atoms with Crippen LogP contribution in [-0.2, 0) is 23.9 Å². The number of alkyl halides is 3. The summed E-state index contributed by atoms with van der Waals surface area (Å²) in [5.74, 6) is -1.45. The molecular formula is C21H17ClF3N3O3. The van der Waals surface area contributed by atoms with Gasteiger partial charge in [-0.15, -0.1) is 0 Å². The van der Waals surface area contributed by atoms with Gasteiger partial charge >= 0.3 is 12.1 Å². The van der Waals surface area contributed by atoms with Crippen molar-refractivity contribution in [2.75, 3.05) is 11.9 Å². The monoisotopic (exact) mass is 451 g/mol. The third-order valence-corrected chi connectivity index (χ3v) is 4.71. The Labute approximate surface area is 179 Å². The number of rotatable bonds is 7. The molecule has 0 atom stereocenters. The van der Waals surface area contributed by atoms with E-state index in [0.717, 1.165) is 34.4 Å². The number of hydrogen-bond acceptors (Lipinski definition) is 4. The van der Waals surface area contributed by atoms with Gasteiger partial charge in [-0.2, -0.15) is 13.2 Å². The van der Waals surface area contributed by atoms with Crippen LogP contribution < -0.4 is 10.9 Å². The number of nitrogens with zero attached hydrogens (tertiary/aromatic N) is 2. The summed E-state index contributed by atoms with van der Waals surface area (Å²) in [5, 5.41) is 11.9. The van der Waals surface area contributed by atoms with E-state index in [-0.39, 0.29) is 22.2 Å². The molecule has 2 N–H and O–H groups in total. The Kier molecular flexibility index (Phi) is 6.65. The highest BCUT2D eigenvalue weighted by Crippen LogP contribution is 2.32. The normalized spacial score (nSPS) is 11.4. The van der Waals surface area contributed by atoms with E-state index in [1.54, 1.807) is 0 Å². The lowest BCUT2D eigenvalue weighted by atomic mass is 10.1. The van der Waals surface area contributed by atoms with Gasteiger partial charge in [0.2, 0.25) is 0 Å². The van der Waals surface area contributed by atoms with Crippen molar-refractivity contribution in [3.63, 3.8) is 0 Å². The molecule has 10 heteroatoms. The predicted molar refractivity (Wildman–Crippen MR) is 110 cm³/mol. The van der Waals surface area contributed by atoms with Crippen molar-refractivity contribution < 1.29 is 23.1 Å². The van der Waals surface area contributed by atoms with Crippen LogP contribution in [0.15, 0.2) is 59.4 Å². The molecule has 1 heterocycles. The number of carboxylic acids is 1. The van der Waals surface area contributed by atoms with Gasteiger partial charge in [-0.25, -0.2) is 4.98 Å². The second kappa shape index (κ2) is 9.22. The number of halogens is 4. The van der Waals surface area contributed by atoms with Crippen molar-refractivity contribution in [1.82, 2.24) is 9.55 Å². The molecular weight excluding hydrogens is 435 g/mol. The second-order valence-electron chi connectivity index (χ2n) is 6.62. The van der Waals surface area contributed by atoms with Gasteiger partial charge in [0.05, 0.1) is 11.3 Å². The molecule has 1 aromatic heterocycles. The first-order chi connectivity index (χ1) is 14.7. The van der Waals surface area contributed by atoms with Crippen LogP contribution in [0.2, 0.25) is 5.15 Å². The Morgan fingerprint density at radius 2 is 1.74 bits per heavy atom. The summed E-state index contributed by atoms with van der Waals surface area (Å²) >= 11 is 6.22. The highest BCUT2D eigenvalue weighted by molar-refractivity contribution is 6.32. The summed E-state index contributed by atoms with van der Waals surface area (Å²) in [4.78, 5) is 28.2. The Hall–Kier alpha value is -3.33. The Morgan fingerprint density at radius 1 is 1.10 bits per heavy atom. The minimum Gasteiger partial charge on any atom is -0.480 e. The Morgan fingerprint density at radius 3 is 2.32 bits per heavy atom. The highest BCUT2D eigenvalue weighted by Gasteiger charge is 2.30. The maximum atomic E-state index is 12.9. The maximum Gasteiger partial charge on any atom is 0.416 e. The average molecular weight is 452 g/mol. The lowest BCUT2D eigenvalue weighted by Crippen LogP contribution is -2.30. The molecule has 0 saturated carbocycles. The van der Waals surface area contributed by atoms with Gasteiger partial charge in [-0.3, -0.25) is 14.2 Å². The number of hydrogen-bond donors (Lipinski definition) is 2. The maximum absolute atomic E-state index is 12.9. The fourth-order valence-corrected chi connectivity index (χ4v) is 3.30. The molecule has 0 bridgehead atoms. The minimum atomic E-state index is -4.53. The van der Waals surface area contributed by atoms with E-state index in [1.165, 1.54) is 0 Å². The number of benzene rings is 2. The van der Waals surface area contributed by atoms with Crippen molar-refractivity contribution in [3.05, 3.63) is 81.2 Å². The fourth-order valence-electron chi connectivity index (χ4n) is 3.00. The van der Waals surface area contributed by atoms with Crippen LogP contribution in [0.3, 0.4) is 0 Å². The second-order valence-corrected chi connectivity index (χ2v) is 6.98. The van der Waals surface area contributed by atoms with E-state index < -0.39 is 29.8 Å². The van der Waals surface area contributed by atoms with Crippen molar-refractivity contribution in [2.45, 2.75) is 19.1 Å². The molecule has 0 spiro atoms. The average Bonchev–Trinajstić information content (AvgIpc) is 2.71. The molecule has 162 valence electrons. The first-order valence-electron chi connectivity index (χ1n) is 9.14. The van der Waals surface area contributed by atoms with Crippen LogP contribution in [0.4, 0.5) is 19.0 Å². The predicted octanol–water partition coefficient (Wildman–Crippen LogP) is 4.32. The van der Waals surface area contributed by atoms with Crippen molar-refractivity contribution in [1.29, 1.82) is 0 Å². The molecule has 0 amide bonds. The lowest BCUT2D eigenvalue weighted by Gasteiger charge is -2.16. The quantitative estimate of drug-likeness (QED) is 0.559. The molecule has 0 fully saturated rings. The Balaban J connectivity index is 1.95. The number of carbonyl (C=O) groups is 1. The van der Waals surface area contributed by atoms with Crippen molar-refractivity contribution in [3.8, 4) is 11.3 Å². The van der Waals surface area contributed by atoms with Gasteiger partial charge in [0.1, 0.15) is 6.54 Å². The molecule has 3 rings (SSSR count). The molecule has 0 aliphatic heterocycles. The molecule has 31 heavy (non-hydrogen) atoms. The molecule has 0 radical (unpaired) electrons. The van der Waals surface area contributed by atoms with Crippen molar-refractivity contribution >= 4 is 23.4 Å². The zero-order valence-corrected chi connectivity index (χ0v) is 16.7. The van der Waals surface area contributed by atoms with Crippen LogP contribution in [0.5, 0.6) is 0 Å². The van der Waals surface area contributed by atoms with Crippen LogP contribution in [0, 0.1) is 0 Å². The van der Waals surface area contributed by atoms with Crippen LogP contribution in [-0.4, -0.2) is 27.2 Å². The smallest absolute Gasteiger partial charge is 0.416 e. The first kappa shape index (κ1) is 22.4. The van der Waals surface area contributed by atoms with Gasteiger partial charge in [-0.05, 0) is 24.1 Å².